The highest BCUT2D eigenvalue weighted by molar-refractivity contribution is 5.96. The van der Waals surface area contributed by atoms with Crippen molar-refractivity contribution in [2.24, 2.45) is 5.92 Å². The molecule has 1 fully saturated rings. The number of hydrogen-bond acceptors (Lipinski definition) is 3. The highest BCUT2D eigenvalue weighted by Crippen LogP contribution is 2.33. The maximum Gasteiger partial charge on any atom is 0.326 e. The Morgan fingerprint density at radius 3 is 2.54 bits per heavy atom. The lowest BCUT2D eigenvalue weighted by molar-refractivity contribution is -0.139. The molecule has 26 heavy (non-hydrogen) atoms. The van der Waals surface area contributed by atoms with Crippen LogP contribution in [0.25, 0.3) is 5.69 Å². The Labute approximate surface area is 152 Å². The van der Waals surface area contributed by atoms with Crippen molar-refractivity contribution in [2.45, 2.75) is 51.5 Å². The second-order valence-corrected chi connectivity index (χ2v) is 7.36. The summed E-state index contributed by atoms with van der Waals surface area (Å²) in [5, 5.41) is 16.7. The first-order valence-electron chi connectivity index (χ1n) is 9.26. The number of aryl methyl sites for hydroxylation is 1. The molecule has 2 N–H and O–H groups in total. The lowest BCUT2D eigenvalue weighted by atomic mass is 9.95. The molecule has 1 saturated carbocycles. The molecule has 136 valence electrons. The number of carbonyl (C=O) groups is 2. The van der Waals surface area contributed by atoms with Gasteiger partial charge in [-0.2, -0.15) is 5.10 Å². The normalized spacial score (nSPS) is 17.4. The van der Waals surface area contributed by atoms with E-state index < -0.39 is 12.0 Å². The van der Waals surface area contributed by atoms with E-state index in [1.165, 1.54) is 5.56 Å². The molecule has 0 radical (unpaired) electrons. The number of rotatable bonds is 5. The summed E-state index contributed by atoms with van der Waals surface area (Å²) in [7, 11) is 0. The number of amides is 1. The smallest absolute Gasteiger partial charge is 0.326 e. The first kappa shape index (κ1) is 16.8. The Morgan fingerprint density at radius 1 is 1.19 bits per heavy atom. The predicted molar refractivity (Wildman–Crippen MR) is 96.6 cm³/mol. The number of benzene rings is 1. The van der Waals surface area contributed by atoms with Crippen LogP contribution in [-0.2, 0) is 17.6 Å². The Balaban J connectivity index is 1.68. The van der Waals surface area contributed by atoms with Crippen molar-refractivity contribution < 1.29 is 14.7 Å². The van der Waals surface area contributed by atoms with E-state index in [-0.39, 0.29) is 11.8 Å². The van der Waals surface area contributed by atoms with Crippen molar-refractivity contribution in [3.8, 4) is 5.69 Å². The van der Waals surface area contributed by atoms with Crippen molar-refractivity contribution in [3.63, 3.8) is 0 Å². The number of nitrogens with zero attached hydrogens (tertiary/aromatic N) is 2. The van der Waals surface area contributed by atoms with Gasteiger partial charge in [-0.3, -0.25) is 4.79 Å². The molecule has 6 nitrogen and oxygen atoms in total. The molecule has 1 aromatic heterocycles. The molecule has 1 unspecified atom stereocenters. The first-order chi connectivity index (χ1) is 12.5. The summed E-state index contributed by atoms with van der Waals surface area (Å²) in [6, 6.07) is 7.25. The number of aliphatic carboxylic acids is 1. The number of aromatic nitrogens is 2. The van der Waals surface area contributed by atoms with Crippen LogP contribution in [0.5, 0.6) is 0 Å². The average Bonchev–Trinajstić information content (AvgIpc) is 3.40. The van der Waals surface area contributed by atoms with E-state index in [0.717, 1.165) is 55.5 Å². The van der Waals surface area contributed by atoms with Crippen LogP contribution in [0.2, 0.25) is 0 Å². The zero-order valence-electron chi connectivity index (χ0n) is 14.9. The SMILES string of the molecule is Cc1ccc(-n2nc(C(=O)NC(C(=O)O)C3CC3)c3c2CCCC3)cc1. The van der Waals surface area contributed by atoms with E-state index in [4.69, 9.17) is 0 Å². The first-order valence-corrected chi connectivity index (χ1v) is 9.26. The molecular weight excluding hydrogens is 330 g/mol. The molecule has 4 rings (SSSR count). The zero-order valence-corrected chi connectivity index (χ0v) is 14.9. The van der Waals surface area contributed by atoms with Crippen molar-refractivity contribution in [3.05, 3.63) is 46.8 Å². The predicted octanol–water partition coefficient (Wildman–Crippen LogP) is 2.65. The Bertz CT molecular complexity index is 850. The fourth-order valence-electron chi connectivity index (χ4n) is 3.70. The van der Waals surface area contributed by atoms with E-state index in [0.29, 0.717) is 5.69 Å². The molecule has 1 aromatic carbocycles. The molecular formula is C20H23N3O3. The van der Waals surface area contributed by atoms with Gasteiger partial charge in [0.2, 0.25) is 0 Å². The quantitative estimate of drug-likeness (QED) is 0.865. The lowest BCUT2D eigenvalue weighted by Gasteiger charge is -2.15. The Morgan fingerprint density at radius 2 is 1.88 bits per heavy atom. The summed E-state index contributed by atoms with van der Waals surface area (Å²) in [5.41, 5.74) is 4.52. The number of nitrogens with one attached hydrogen (secondary N) is 1. The van der Waals surface area contributed by atoms with Gasteiger partial charge in [0.25, 0.3) is 5.91 Å². The van der Waals surface area contributed by atoms with Gasteiger partial charge in [-0.15, -0.1) is 0 Å². The van der Waals surface area contributed by atoms with Crippen LogP contribution in [0.15, 0.2) is 24.3 Å². The summed E-state index contributed by atoms with van der Waals surface area (Å²) in [6.45, 7) is 2.03. The zero-order chi connectivity index (χ0) is 18.3. The van der Waals surface area contributed by atoms with Gasteiger partial charge < -0.3 is 10.4 Å². The second-order valence-electron chi connectivity index (χ2n) is 7.36. The summed E-state index contributed by atoms with van der Waals surface area (Å²) in [5.74, 6) is -1.28. The monoisotopic (exact) mass is 353 g/mol. The highest BCUT2D eigenvalue weighted by Gasteiger charge is 2.38. The summed E-state index contributed by atoms with van der Waals surface area (Å²) >= 11 is 0. The van der Waals surface area contributed by atoms with E-state index in [1.807, 2.05) is 35.9 Å². The van der Waals surface area contributed by atoms with E-state index in [1.54, 1.807) is 0 Å². The van der Waals surface area contributed by atoms with E-state index in [2.05, 4.69) is 10.4 Å². The third kappa shape index (κ3) is 3.11. The van der Waals surface area contributed by atoms with E-state index in [9.17, 15) is 14.7 Å². The molecule has 0 bridgehead atoms. The highest BCUT2D eigenvalue weighted by atomic mass is 16.4. The molecule has 0 spiro atoms. The van der Waals surface area contributed by atoms with Gasteiger partial charge in [0.15, 0.2) is 5.69 Å². The van der Waals surface area contributed by atoms with Gasteiger partial charge in [0, 0.05) is 11.3 Å². The second kappa shape index (κ2) is 6.59. The van der Waals surface area contributed by atoms with Gasteiger partial charge in [-0.05, 0) is 63.5 Å². The average molecular weight is 353 g/mol. The number of carbonyl (C=O) groups excluding carboxylic acids is 1. The molecule has 0 aliphatic heterocycles. The van der Waals surface area contributed by atoms with Crippen LogP contribution in [0.3, 0.4) is 0 Å². The summed E-state index contributed by atoms with van der Waals surface area (Å²) in [6.07, 6.45) is 5.50. The van der Waals surface area contributed by atoms with Crippen LogP contribution in [0.1, 0.15) is 53.0 Å². The van der Waals surface area contributed by atoms with Crippen molar-refractivity contribution in [1.82, 2.24) is 15.1 Å². The molecule has 2 aliphatic carbocycles. The summed E-state index contributed by atoms with van der Waals surface area (Å²) in [4.78, 5) is 24.3. The van der Waals surface area contributed by atoms with Crippen molar-refractivity contribution in [1.29, 1.82) is 0 Å². The number of carboxylic acid groups (broad SMARTS) is 1. The standard InChI is InChI=1S/C20H23N3O3/c1-12-6-10-14(11-7-12)23-16-5-3-2-4-15(16)18(22-23)19(24)21-17(20(25)26)13-8-9-13/h6-7,10-11,13,17H,2-5,8-9H2,1H3,(H,21,24)(H,25,26). The van der Waals surface area contributed by atoms with Crippen LogP contribution in [-0.4, -0.2) is 32.8 Å². The maximum atomic E-state index is 12.8. The number of carboxylic acids is 1. The molecule has 2 aromatic rings. The minimum Gasteiger partial charge on any atom is -0.480 e. The topological polar surface area (TPSA) is 84.2 Å². The minimum absolute atomic E-state index is 0.0476. The van der Waals surface area contributed by atoms with Crippen molar-refractivity contribution >= 4 is 11.9 Å². The van der Waals surface area contributed by atoms with Crippen LogP contribution < -0.4 is 5.32 Å². The Kier molecular flexibility index (Phi) is 4.26. The lowest BCUT2D eigenvalue weighted by Crippen LogP contribution is -2.42. The third-order valence-corrected chi connectivity index (χ3v) is 5.32. The Hall–Kier alpha value is -2.63. The maximum absolute atomic E-state index is 12.8. The molecule has 0 saturated heterocycles. The van der Waals surface area contributed by atoms with Gasteiger partial charge in [0.05, 0.1) is 5.69 Å². The van der Waals surface area contributed by atoms with Gasteiger partial charge in [-0.1, -0.05) is 17.7 Å². The van der Waals surface area contributed by atoms with Gasteiger partial charge in [0.1, 0.15) is 6.04 Å². The molecule has 1 atom stereocenters. The minimum atomic E-state index is -0.965. The fourth-order valence-corrected chi connectivity index (χ4v) is 3.70. The van der Waals surface area contributed by atoms with Gasteiger partial charge >= 0.3 is 5.97 Å². The summed E-state index contributed by atoms with van der Waals surface area (Å²) < 4.78 is 1.86. The largest absolute Gasteiger partial charge is 0.480 e. The van der Waals surface area contributed by atoms with Gasteiger partial charge in [-0.25, -0.2) is 9.48 Å². The third-order valence-electron chi connectivity index (χ3n) is 5.32. The number of fused-ring (bicyclic) bond motifs is 1. The number of hydrogen-bond donors (Lipinski definition) is 2. The molecule has 1 amide bonds. The van der Waals surface area contributed by atoms with Crippen LogP contribution in [0, 0.1) is 12.8 Å². The van der Waals surface area contributed by atoms with Crippen LogP contribution in [0.4, 0.5) is 0 Å². The van der Waals surface area contributed by atoms with Crippen molar-refractivity contribution in [2.75, 3.05) is 0 Å². The molecule has 2 aliphatic rings. The molecule has 6 heteroatoms. The fraction of sp³-hybridized carbons (Fsp3) is 0.450. The van der Waals surface area contributed by atoms with Crippen LogP contribution >= 0.6 is 0 Å². The van der Waals surface area contributed by atoms with E-state index >= 15 is 0 Å². The molecule has 1 heterocycles.